The number of carbonyl (C=O) groups excluding carboxylic acids is 1. The molecule has 1 amide bonds. The molecule has 1 N–H and O–H groups in total. The summed E-state index contributed by atoms with van der Waals surface area (Å²) in [6.07, 6.45) is 4.32. The van der Waals surface area contributed by atoms with Crippen molar-refractivity contribution in [1.29, 1.82) is 0 Å². The highest BCUT2D eigenvalue weighted by Crippen LogP contribution is 2.35. The van der Waals surface area contributed by atoms with Crippen LogP contribution in [0.25, 0.3) is 22.2 Å². The van der Waals surface area contributed by atoms with E-state index < -0.39 is 0 Å². The summed E-state index contributed by atoms with van der Waals surface area (Å²) in [7, 11) is 0. The van der Waals surface area contributed by atoms with Crippen LogP contribution < -0.4 is 5.32 Å². The number of piperidine rings is 1. The molecule has 3 aromatic carbocycles. The van der Waals surface area contributed by atoms with Crippen LogP contribution in [-0.2, 0) is 17.8 Å². The summed E-state index contributed by atoms with van der Waals surface area (Å²) in [5.41, 5.74) is 5.53. The molecule has 2 aliphatic rings. The van der Waals surface area contributed by atoms with E-state index >= 15 is 0 Å². The van der Waals surface area contributed by atoms with Gasteiger partial charge in [0.05, 0.1) is 30.0 Å². The fraction of sp³-hybridized carbons (Fsp3) is 0.353. The summed E-state index contributed by atoms with van der Waals surface area (Å²) in [4.78, 5) is 25.7. The molecule has 0 atom stereocenters. The molecule has 2 aliphatic heterocycles. The van der Waals surface area contributed by atoms with Crippen LogP contribution in [0.4, 0.5) is 0 Å². The van der Waals surface area contributed by atoms with Crippen molar-refractivity contribution in [2.45, 2.75) is 36.9 Å². The lowest BCUT2D eigenvalue weighted by Gasteiger charge is -2.40. The van der Waals surface area contributed by atoms with Crippen LogP contribution in [-0.4, -0.2) is 72.4 Å². The molecular formula is C34H37BrN4O2S. The predicted octanol–water partition coefficient (Wildman–Crippen LogP) is 6.61. The van der Waals surface area contributed by atoms with E-state index in [0.29, 0.717) is 19.1 Å². The first kappa shape index (κ1) is 29.3. The third kappa shape index (κ3) is 6.74. The molecule has 0 spiro atoms. The van der Waals surface area contributed by atoms with Crippen LogP contribution in [0.1, 0.15) is 34.3 Å². The van der Waals surface area contributed by atoms with Crippen molar-refractivity contribution in [3.63, 3.8) is 0 Å². The SMILES string of the molecule is CSc1ccc2nc(-c3cccc(Br)c3)c(CN3CCC(N4CCOCC4)CC3)c(C(=O)NCc3ccccc3)c2c1. The highest BCUT2D eigenvalue weighted by atomic mass is 79.9. The number of rotatable bonds is 8. The van der Waals surface area contributed by atoms with Gasteiger partial charge in [-0.2, -0.15) is 0 Å². The summed E-state index contributed by atoms with van der Waals surface area (Å²) in [5.74, 6) is -0.0565. The number of hydrogen-bond acceptors (Lipinski definition) is 6. The maximum Gasteiger partial charge on any atom is 0.252 e. The molecule has 1 aromatic heterocycles. The lowest BCUT2D eigenvalue weighted by Crippen LogP contribution is -2.48. The molecular weight excluding hydrogens is 608 g/mol. The Morgan fingerprint density at radius 2 is 1.79 bits per heavy atom. The zero-order chi connectivity index (χ0) is 28.9. The normalized spacial score (nSPS) is 17.0. The van der Waals surface area contributed by atoms with Crippen LogP contribution in [0.15, 0.2) is 82.2 Å². The number of amides is 1. The van der Waals surface area contributed by atoms with Gasteiger partial charge < -0.3 is 10.1 Å². The molecule has 4 aromatic rings. The smallest absolute Gasteiger partial charge is 0.252 e. The number of ether oxygens (including phenoxy) is 1. The number of hydrogen-bond donors (Lipinski definition) is 1. The minimum Gasteiger partial charge on any atom is -0.379 e. The number of thioether (sulfide) groups is 1. The zero-order valence-corrected chi connectivity index (χ0v) is 26.4. The number of morpholine rings is 1. The largest absolute Gasteiger partial charge is 0.379 e. The number of nitrogens with one attached hydrogen (secondary N) is 1. The van der Waals surface area contributed by atoms with Crippen LogP contribution in [0.3, 0.4) is 0 Å². The summed E-state index contributed by atoms with van der Waals surface area (Å²) < 4.78 is 6.58. The van der Waals surface area contributed by atoms with Gasteiger partial charge in [0.1, 0.15) is 0 Å². The standard InChI is InChI=1S/C34H37BrN4O2S/c1-42-28-10-11-31-29(21-28)32(34(40)36-22-24-6-3-2-4-7-24)30(33(37-31)25-8-5-9-26(35)20-25)23-38-14-12-27(13-15-38)39-16-18-41-19-17-39/h2-11,20-21,27H,12-19,22-23H2,1H3,(H,36,40). The first-order chi connectivity index (χ1) is 20.6. The average Bonchev–Trinajstić information content (AvgIpc) is 3.04. The van der Waals surface area contributed by atoms with E-state index in [2.05, 4.69) is 61.6 Å². The van der Waals surface area contributed by atoms with Gasteiger partial charge in [-0.05, 0) is 68.1 Å². The van der Waals surface area contributed by atoms with E-state index in [9.17, 15) is 4.79 Å². The summed E-state index contributed by atoms with van der Waals surface area (Å²) in [5, 5.41) is 4.15. The van der Waals surface area contributed by atoms with Crippen LogP contribution in [0.5, 0.6) is 0 Å². The fourth-order valence-electron chi connectivity index (χ4n) is 6.17. The number of pyridine rings is 1. The third-order valence-electron chi connectivity index (χ3n) is 8.41. The van der Waals surface area contributed by atoms with Crippen LogP contribution >= 0.6 is 27.7 Å². The highest BCUT2D eigenvalue weighted by molar-refractivity contribution is 9.10. The number of fused-ring (bicyclic) bond motifs is 1. The van der Waals surface area contributed by atoms with E-state index in [1.165, 1.54) is 0 Å². The van der Waals surface area contributed by atoms with Gasteiger partial charge >= 0.3 is 0 Å². The Morgan fingerprint density at radius 1 is 1.00 bits per heavy atom. The van der Waals surface area contributed by atoms with Crippen molar-refractivity contribution in [2.24, 2.45) is 0 Å². The first-order valence-corrected chi connectivity index (χ1v) is 16.7. The monoisotopic (exact) mass is 644 g/mol. The number of likely N-dealkylation sites (tertiary alicyclic amines) is 1. The minimum absolute atomic E-state index is 0.0565. The van der Waals surface area contributed by atoms with Gasteiger partial charge in [-0.3, -0.25) is 14.6 Å². The quantitative estimate of drug-likeness (QED) is 0.218. The Kier molecular flexibility index (Phi) is 9.56. The number of aromatic nitrogens is 1. The maximum absolute atomic E-state index is 14.2. The molecule has 6 rings (SSSR count). The third-order valence-corrected chi connectivity index (χ3v) is 9.63. The highest BCUT2D eigenvalue weighted by Gasteiger charge is 2.29. The first-order valence-electron chi connectivity index (χ1n) is 14.7. The van der Waals surface area contributed by atoms with Gasteiger partial charge in [0.25, 0.3) is 5.91 Å². The number of carbonyl (C=O) groups is 1. The Hall–Kier alpha value is -2.75. The van der Waals surface area contributed by atoms with Crippen molar-refractivity contribution in [2.75, 3.05) is 45.6 Å². The molecule has 0 bridgehead atoms. The van der Waals surface area contributed by atoms with Gasteiger partial charge in [0, 0.05) is 58.1 Å². The summed E-state index contributed by atoms with van der Waals surface area (Å²) in [6.45, 7) is 6.85. The fourth-order valence-corrected chi connectivity index (χ4v) is 7.01. The lowest BCUT2D eigenvalue weighted by molar-refractivity contribution is 0.000226. The molecule has 0 unspecified atom stereocenters. The van der Waals surface area contributed by atoms with E-state index in [1.54, 1.807) is 11.8 Å². The molecule has 2 saturated heterocycles. The molecule has 8 heteroatoms. The Morgan fingerprint density at radius 3 is 2.52 bits per heavy atom. The average molecular weight is 646 g/mol. The van der Waals surface area contributed by atoms with Gasteiger partial charge in [0.15, 0.2) is 0 Å². The van der Waals surface area contributed by atoms with Crippen LogP contribution in [0, 0.1) is 0 Å². The predicted molar refractivity (Wildman–Crippen MR) is 175 cm³/mol. The lowest BCUT2D eigenvalue weighted by atomic mass is 9.94. The molecule has 0 aliphatic carbocycles. The maximum atomic E-state index is 14.2. The number of nitrogens with zero attached hydrogens (tertiary/aromatic N) is 3. The molecule has 218 valence electrons. The molecule has 2 fully saturated rings. The topological polar surface area (TPSA) is 57.7 Å². The molecule has 42 heavy (non-hydrogen) atoms. The molecule has 0 saturated carbocycles. The summed E-state index contributed by atoms with van der Waals surface area (Å²) in [6, 6.07) is 25.2. The Bertz CT molecular complexity index is 1540. The molecule has 6 nitrogen and oxygen atoms in total. The van der Waals surface area contributed by atoms with E-state index in [1.807, 2.05) is 48.5 Å². The van der Waals surface area contributed by atoms with E-state index in [-0.39, 0.29) is 5.91 Å². The second kappa shape index (κ2) is 13.7. The van der Waals surface area contributed by atoms with Gasteiger partial charge in [-0.1, -0.05) is 58.4 Å². The zero-order valence-electron chi connectivity index (χ0n) is 24.0. The number of halogens is 1. The Balaban J connectivity index is 1.39. The van der Waals surface area contributed by atoms with Gasteiger partial charge in [-0.15, -0.1) is 11.8 Å². The van der Waals surface area contributed by atoms with E-state index in [4.69, 9.17) is 9.72 Å². The van der Waals surface area contributed by atoms with Crippen LogP contribution in [0.2, 0.25) is 0 Å². The molecule has 3 heterocycles. The number of benzene rings is 3. The van der Waals surface area contributed by atoms with E-state index in [0.717, 1.165) is 100 Å². The van der Waals surface area contributed by atoms with Gasteiger partial charge in [-0.25, -0.2) is 4.98 Å². The summed E-state index contributed by atoms with van der Waals surface area (Å²) >= 11 is 5.34. The Labute approximate surface area is 261 Å². The second-order valence-corrected chi connectivity index (χ2v) is 12.8. The van der Waals surface area contributed by atoms with Crippen molar-refractivity contribution in [3.8, 4) is 11.3 Å². The van der Waals surface area contributed by atoms with Crippen molar-refractivity contribution in [3.05, 3.63) is 94.0 Å². The second-order valence-electron chi connectivity index (χ2n) is 11.0. The van der Waals surface area contributed by atoms with Crippen molar-refractivity contribution < 1.29 is 9.53 Å². The van der Waals surface area contributed by atoms with Gasteiger partial charge in [0.2, 0.25) is 0 Å². The molecule has 0 radical (unpaired) electrons. The minimum atomic E-state index is -0.0565. The van der Waals surface area contributed by atoms with Crippen molar-refractivity contribution >= 4 is 44.5 Å². The van der Waals surface area contributed by atoms with Crippen molar-refractivity contribution in [1.82, 2.24) is 20.1 Å².